The molecular weight excluding hydrogens is 244 g/mol. The molecule has 0 saturated heterocycles. The van der Waals surface area contributed by atoms with Crippen LogP contribution in [0.5, 0.6) is 0 Å². The first-order valence-electron chi connectivity index (χ1n) is 5.97. The van der Waals surface area contributed by atoms with Gasteiger partial charge in [0.05, 0.1) is 17.2 Å². The molecule has 1 unspecified atom stereocenters. The molecule has 0 radical (unpaired) electrons. The van der Waals surface area contributed by atoms with Crippen molar-refractivity contribution in [1.82, 2.24) is 9.78 Å². The van der Waals surface area contributed by atoms with E-state index in [0.29, 0.717) is 5.56 Å². The molecule has 0 spiro atoms. The van der Waals surface area contributed by atoms with Gasteiger partial charge in [-0.1, -0.05) is 6.07 Å². The lowest BCUT2D eigenvalue weighted by Gasteiger charge is -2.13. The molecule has 100 valence electrons. The normalized spacial score (nSPS) is 12.2. The summed E-state index contributed by atoms with van der Waals surface area (Å²) in [5.74, 6) is 0. The Labute approximate surface area is 111 Å². The van der Waals surface area contributed by atoms with Crippen molar-refractivity contribution in [1.29, 1.82) is 0 Å². The highest BCUT2D eigenvalue weighted by Crippen LogP contribution is 2.25. The van der Waals surface area contributed by atoms with E-state index in [2.05, 4.69) is 10.4 Å². The number of hydrogen-bond donors (Lipinski definition) is 1. The van der Waals surface area contributed by atoms with Gasteiger partial charge in [-0.2, -0.15) is 5.10 Å². The average molecular weight is 260 g/mol. The van der Waals surface area contributed by atoms with Crippen LogP contribution in [-0.2, 0) is 7.05 Å². The molecule has 0 aliphatic carbocycles. The van der Waals surface area contributed by atoms with Gasteiger partial charge in [0.15, 0.2) is 0 Å². The third kappa shape index (κ3) is 2.90. The predicted molar refractivity (Wildman–Crippen MR) is 73.1 cm³/mol. The third-order valence-corrected chi connectivity index (χ3v) is 3.01. The number of aryl methyl sites for hydroxylation is 2. The molecule has 1 N–H and O–H groups in total. The lowest BCUT2D eigenvalue weighted by atomic mass is 10.1. The highest BCUT2D eigenvalue weighted by Gasteiger charge is 2.13. The molecular formula is C13H16N4O2. The van der Waals surface area contributed by atoms with Crippen LogP contribution in [0, 0.1) is 17.0 Å². The number of nitro benzene ring substituents is 1. The maximum atomic E-state index is 10.9. The monoisotopic (exact) mass is 260 g/mol. The largest absolute Gasteiger partial charge is 0.378 e. The minimum Gasteiger partial charge on any atom is -0.378 e. The van der Waals surface area contributed by atoms with Crippen molar-refractivity contribution in [2.24, 2.45) is 7.05 Å². The van der Waals surface area contributed by atoms with Crippen LogP contribution >= 0.6 is 0 Å². The first kappa shape index (κ1) is 13.1. The fraction of sp³-hybridized carbons (Fsp3) is 0.308. The standard InChI is InChI=1S/C13H16N4O2/c1-9-4-5-12(6-13(9)17(18)19)15-10(2)11-7-14-16(3)8-11/h4-8,10,15H,1-3H3. The van der Waals surface area contributed by atoms with E-state index in [-0.39, 0.29) is 16.7 Å². The number of anilines is 1. The first-order valence-corrected chi connectivity index (χ1v) is 5.97. The van der Waals surface area contributed by atoms with Crippen molar-refractivity contribution < 1.29 is 4.92 Å². The zero-order valence-electron chi connectivity index (χ0n) is 11.1. The van der Waals surface area contributed by atoms with E-state index < -0.39 is 0 Å². The van der Waals surface area contributed by atoms with Crippen molar-refractivity contribution in [2.75, 3.05) is 5.32 Å². The van der Waals surface area contributed by atoms with E-state index in [0.717, 1.165) is 11.3 Å². The summed E-state index contributed by atoms with van der Waals surface area (Å²) in [6.07, 6.45) is 3.69. The summed E-state index contributed by atoms with van der Waals surface area (Å²) in [6, 6.07) is 5.18. The summed E-state index contributed by atoms with van der Waals surface area (Å²) in [6.45, 7) is 3.72. The maximum absolute atomic E-state index is 10.9. The van der Waals surface area contributed by atoms with Crippen molar-refractivity contribution in [3.05, 3.63) is 51.8 Å². The van der Waals surface area contributed by atoms with Gasteiger partial charge in [-0.15, -0.1) is 0 Å². The van der Waals surface area contributed by atoms with Gasteiger partial charge in [0.2, 0.25) is 0 Å². The number of nitro groups is 1. The van der Waals surface area contributed by atoms with Crippen LogP contribution in [0.15, 0.2) is 30.6 Å². The fourth-order valence-corrected chi connectivity index (χ4v) is 1.89. The van der Waals surface area contributed by atoms with Gasteiger partial charge in [-0.05, 0) is 19.9 Å². The molecule has 2 aromatic rings. The smallest absolute Gasteiger partial charge is 0.274 e. The quantitative estimate of drug-likeness (QED) is 0.677. The van der Waals surface area contributed by atoms with Crippen LogP contribution in [0.1, 0.15) is 24.1 Å². The molecule has 1 atom stereocenters. The molecule has 0 aliphatic rings. The summed E-state index contributed by atoms with van der Waals surface area (Å²) < 4.78 is 1.73. The number of hydrogen-bond acceptors (Lipinski definition) is 4. The average Bonchev–Trinajstić information content (AvgIpc) is 2.78. The van der Waals surface area contributed by atoms with E-state index in [9.17, 15) is 10.1 Å². The highest BCUT2D eigenvalue weighted by atomic mass is 16.6. The van der Waals surface area contributed by atoms with Crippen molar-refractivity contribution in [3.8, 4) is 0 Å². The van der Waals surface area contributed by atoms with E-state index in [4.69, 9.17) is 0 Å². The maximum Gasteiger partial charge on any atom is 0.274 e. The summed E-state index contributed by atoms with van der Waals surface area (Å²) >= 11 is 0. The Morgan fingerprint density at radius 2 is 2.21 bits per heavy atom. The molecule has 0 aliphatic heterocycles. The second kappa shape index (κ2) is 5.09. The molecule has 0 fully saturated rings. The fourth-order valence-electron chi connectivity index (χ4n) is 1.89. The molecule has 6 nitrogen and oxygen atoms in total. The van der Waals surface area contributed by atoms with E-state index in [1.54, 1.807) is 29.9 Å². The van der Waals surface area contributed by atoms with Crippen LogP contribution in [0.2, 0.25) is 0 Å². The SMILES string of the molecule is Cc1ccc(NC(C)c2cnn(C)c2)cc1[N+](=O)[O-]. The molecule has 1 heterocycles. The minimum absolute atomic E-state index is 0.0380. The van der Waals surface area contributed by atoms with Crippen molar-refractivity contribution >= 4 is 11.4 Å². The van der Waals surface area contributed by atoms with Gasteiger partial charge < -0.3 is 5.32 Å². The van der Waals surface area contributed by atoms with Gasteiger partial charge in [0, 0.05) is 36.1 Å². The van der Waals surface area contributed by atoms with E-state index in [1.165, 1.54) is 0 Å². The van der Waals surface area contributed by atoms with Gasteiger partial charge in [0.1, 0.15) is 0 Å². The predicted octanol–water partition coefficient (Wildman–Crippen LogP) is 2.81. The molecule has 0 saturated carbocycles. The first-order chi connectivity index (χ1) is 8.97. The van der Waals surface area contributed by atoms with Gasteiger partial charge >= 0.3 is 0 Å². The minimum atomic E-state index is -0.366. The van der Waals surface area contributed by atoms with Crippen LogP contribution in [-0.4, -0.2) is 14.7 Å². The van der Waals surface area contributed by atoms with E-state index >= 15 is 0 Å². The summed E-state index contributed by atoms with van der Waals surface area (Å²) in [7, 11) is 1.85. The van der Waals surface area contributed by atoms with E-state index in [1.807, 2.05) is 26.2 Å². The summed E-state index contributed by atoms with van der Waals surface area (Å²) in [4.78, 5) is 10.5. The molecule has 19 heavy (non-hydrogen) atoms. The topological polar surface area (TPSA) is 73.0 Å². The Bertz CT molecular complexity index is 606. The zero-order valence-corrected chi connectivity index (χ0v) is 11.1. The molecule has 0 bridgehead atoms. The number of aromatic nitrogens is 2. The van der Waals surface area contributed by atoms with Crippen LogP contribution in [0.3, 0.4) is 0 Å². The highest BCUT2D eigenvalue weighted by molar-refractivity contribution is 5.55. The van der Waals surface area contributed by atoms with Crippen LogP contribution in [0.4, 0.5) is 11.4 Å². The Balaban J connectivity index is 2.19. The lowest BCUT2D eigenvalue weighted by molar-refractivity contribution is -0.385. The molecule has 2 rings (SSSR count). The second-order valence-corrected chi connectivity index (χ2v) is 4.57. The Morgan fingerprint density at radius 1 is 1.47 bits per heavy atom. The van der Waals surface area contributed by atoms with Gasteiger partial charge in [-0.25, -0.2) is 0 Å². The Kier molecular flexibility index (Phi) is 3.50. The third-order valence-electron chi connectivity index (χ3n) is 3.01. The number of nitrogens with zero attached hydrogens (tertiary/aromatic N) is 3. The summed E-state index contributed by atoms with van der Waals surface area (Å²) in [5, 5.41) is 18.2. The van der Waals surface area contributed by atoms with Crippen molar-refractivity contribution in [3.63, 3.8) is 0 Å². The Morgan fingerprint density at radius 3 is 2.79 bits per heavy atom. The van der Waals surface area contributed by atoms with Crippen LogP contribution in [0.25, 0.3) is 0 Å². The van der Waals surface area contributed by atoms with Crippen LogP contribution < -0.4 is 5.32 Å². The molecule has 1 aromatic carbocycles. The lowest BCUT2D eigenvalue weighted by Crippen LogP contribution is -2.06. The van der Waals surface area contributed by atoms with Gasteiger partial charge in [0.25, 0.3) is 5.69 Å². The molecule has 6 heteroatoms. The Hall–Kier alpha value is -2.37. The van der Waals surface area contributed by atoms with Gasteiger partial charge in [-0.3, -0.25) is 14.8 Å². The molecule has 0 amide bonds. The number of rotatable bonds is 4. The second-order valence-electron chi connectivity index (χ2n) is 4.57. The summed E-state index contributed by atoms with van der Waals surface area (Å²) in [5.41, 5.74) is 2.55. The van der Waals surface area contributed by atoms with Crippen molar-refractivity contribution in [2.45, 2.75) is 19.9 Å². The zero-order chi connectivity index (χ0) is 14.0. The number of benzene rings is 1. The number of nitrogens with one attached hydrogen (secondary N) is 1. The molecule has 1 aromatic heterocycles.